The van der Waals surface area contributed by atoms with E-state index in [1.807, 2.05) is 13.0 Å². The molecule has 0 unspecified atom stereocenters. The zero-order valence-corrected chi connectivity index (χ0v) is 11.5. The Labute approximate surface area is 125 Å². The second-order valence-corrected chi connectivity index (χ2v) is 6.38. The predicted molar refractivity (Wildman–Crippen MR) is 77.7 cm³/mol. The van der Waals surface area contributed by atoms with Gasteiger partial charge in [-0.2, -0.15) is 0 Å². The third-order valence-electron chi connectivity index (χ3n) is 5.41. The minimum absolute atomic E-state index is 0.0268. The van der Waals surface area contributed by atoms with Gasteiger partial charge in [-0.25, -0.2) is 0 Å². The predicted octanol–water partition coefficient (Wildman–Crippen LogP) is 3.74. The molecule has 104 valence electrons. The van der Waals surface area contributed by atoms with E-state index in [4.69, 9.17) is 5.48 Å². The molecule has 1 N–H and O–H groups in total. The number of phenolic OH excluding ortho intramolecular Hbond substituents is 1. The van der Waals surface area contributed by atoms with E-state index in [1.165, 1.54) is 0 Å². The van der Waals surface area contributed by atoms with Crippen LogP contribution in [0.4, 0.5) is 0 Å². The Kier molecular flexibility index (Phi) is 1.72. The maximum absolute atomic E-state index is 12.6. The number of fused-ring (bicyclic) bond motifs is 5. The topological polar surface area (TPSA) is 37.3 Å². The molecule has 0 spiro atoms. The van der Waals surface area contributed by atoms with Gasteiger partial charge in [0.15, 0.2) is 0 Å². The van der Waals surface area contributed by atoms with Crippen LogP contribution < -0.4 is 0 Å². The van der Waals surface area contributed by atoms with Gasteiger partial charge in [0.05, 0.1) is 2.74 Å². The highest BCUT2D eigenvalue weighted by Crippen LogP contribution is 2.57. The summed E-state index contributed by atoms with van der Waals surface area (Å²) in [6, 6.07) is 1.64. The van der Waals surface area contributed by atoms with Crippen molar-refractivity contribution in [3.8, 4) is 5.75 Å². The van der Waals surface area contributed by atoms with Crippen molar-refractivity contribution >= 4 is 5.78 Å². The highest BCUT2D eigenvalue weighted by molar-refractivity contribution is 5.88. The monoisotopic (exact) mass is 272 g/mol. The Morgan fingerprint density at radius 2 is 2.35 bits per heavy atom. The van der Waals surface area contributed by atoms with E-state index in [-0.39, 0.29) is 41.9 Å². The first kappa shape index (κ1) is 8.66. The lowest BCUT2D eigenvalue weighted by molar-refractivity contribution is -0.126. The zero-order chi connectivity index (χ0) is 17.4. The lowest BCUT2D eigenvalue weighted by atomic mass is 9.60. The zero-order valence-electron chi connectivity index (χ0n) is 15.5. The van der Waals surface area contributed by atoms with E-state index in [2.05, 4.69) is 0 Å². The largest absolute Gasteiger partial charge is 0.508 e. The van der Waals surface area contributed by atoms with Crippen molar-refractivity contribution in [1.29, 1.82) is 0 Å². The van der Waals surface area contributed by atoms with Crippen LogP contribution >= 0.6 is 0 Å². The number of rotatable bonds is 0. The number of ketones is 1. The van der Waals surface area contributed by atoms with E-state index in [0.29, 0.717) is 12.8 Å². The fourth-order valence-corrected chi connectivity index (χ4v) is 4.21. The quantitative estimate of drug-likeness (QED) is 0.731. The fourth-order valence-electron chi connectivity index (χ4n) is 4.21. The highest BCUT2D eigenvalue weighted by Gasteiger charge is 2.52. The molecule has 1 aromatic carbocycles. The summed E-state index contributed by atoms with van der Waals surface area (Å²) < 4.78 is 32.1. The molecule has 20 heavy (non-hydrogen) atoms. The molecule has 2 fully saturated rings. The first-order chi connectivity index (χ1) is 11.2. The van der Waals surface area contributed by atoms with Crippen LogP contribution in [0.3, 0.4) is 0 Å². The standard InChI is InChI=1S/C18H20O2/c1-18-9-8-14-13-5-3-12(19)10-11(13)2-4-15(14)16(18)6-7-17(18)20/h3-5,10,14,16,19H,2,6-9H2,1H3/t14-,16+,18+/m1/s1/i3D,7D2,10D. The number of hydrogen-bond donors (Lipinski definition) is 1. The Bertz CT molecular complexity index is 799. The van der Waals surface area contributed by atoms with Crippen molar-refractivity contribution in [2.75, 3.05) is 0 Å². The van der Waals surface area contributed by atoms with Crippen LogP contribution in [0.2, 0.25) is 0 Å². The normalized spacial score (nSPS) is 40.5. The van der Waals surface area contributed by atoms with Crippen LogP contribution in [0.5, 0.6) is 5.75 Å². The Balaban J connectivity index is 1.82. The SMILES string of the molecule is [2H]c1cc2c(c([2H])c1O)CC=C1[C@@H]2CC[C@]2(C)C(=O)C([2H])([2H])C[C@@H]12. The number of benzene rings is 1. The molecule has 0 saturated heterocycles. The van der Waals surface area contributed by atoms with Gasteiger partial charge in [0, 0.05) is 20.4 Å². The number of carbonyl (C=O) groups excluding carboxylic acids is 1. The van der Waals surface area contributed by atoms with E-state index < -0.39 is 11.8 Å². The van der Waals surface area contributed by atoms with Crippen LogP contribution in [0.15, 0.2) is 29.8 Å². The molecule has 2 saturated carbocycles. The summed E-state index contributed by atoms with van der Waals surface area (Å²) >= 11 is 0. The Morgan fingerprint density at radius 3 is 3.20 bits per heavy atom. The van der Waals surface area contributed by atoms with Gasteiger partial charge in [-0.1, -0.05) is 24.6 Å². The van der Waals surface area contributed by atoms with Crippen LogP contribution in [0, 0.1) is 11.3 Å². The third-order valence-corrected chi connectivity index (χ3v) is 5.41. The van der Waals surface area contributed by atoms with Crippen molar-refractivity contribution < 1.29 is 15.4 Å². The Morgan fingerprint density at radius 1 is 1.50 bits per heavy atom. The first-order valence-corrected chi connectivity index (χ1v) is 7.23. The summed E-state index contributed by atoms with van der Waals surface area (Å²) in [5.74, 6) is -0.636. The summed E-state index contributed by atoms with van der Waals surface area (Å²) in [5, 5.41) is 9.86. The molecule has 1 aromatic rings. The van der Waals surface area contributed by atoms with Crippen molar-refractivity contribution in [3.63, 3.8) is 0 Å². The molecule has 4 rings (SSSR count). The summed E-state index contributed by atoms with van der Waals surface area (Å²) in [7, 11) is 0. The number of carbonyl (C=O) groups is 1. The lowest BCUT2D eigenvalue weighted by Gasteiger charge is -2.43. The second kappa shape index (κ2) is 3.97. The molecule has 0 radical (unpaired) electrons. The molecule has 0 amide bonds. The molecule has 2 nitrogen and oxygen atoms in total. The van der Waals surface area contributed by atoms with Crippen LogP contribution in [-0.4, -0.2) is 10.9 Å². The number of hydrogen-bond acceptors (Lipinski definition) is 2. The van der Waals surface area contributed by atoms with E-state index >= 15 is 0 Å². The first-order valence-electron chi connectivity index (χ1n) is 9.23. The molecular formula is C18H20O2. The molecule has 3 atom stereocenters. The van der Waals surface area contributed by atoms with Crippen LogP contribution in [-0.2, 0) is 11.2 Å². The lowest BCUT2D eigenvalue weighted by Crippen LogP contribution is -2.37. The summed E-state index contributed by atoms with van der Waals surface area (Å²) in [4.78, 5) is 12.6. The van der Waals surface area contributed by atoms with E-state index in [0.717, 1.165) is 23.1 Å². The van der Waals surface area contributed by atoms with Crippen LogP contribution in [0.1, 0.15) is 55.1 Å². The molecule has 3 aliphatic rings. The summed E-state index contributed by atoms with van der Waals surface area (Å²) in [6.07, 6.45) is 2.32. The second-order valence-electron chi connectivity index (χ2n) is 6.38. The van der Waals surface area contributed by atoms with Gasteiger partial charge < -0.3 is 5.11 Å². The summed E-state index contributed by atoms with van der Waals surface area (Å²) in [5.41, 5.74) is 2.11. The average Bonchev–Trinajstić information content (AvgIpc) is 2.72. The average molecular weight is 272 g/mol. The fraction of sp³-hybridized carbons (Fsp3) is 0.500. The maximum Gasteiger partial charge on any atom is 0.139 e. The van der Waals surface area contributed by atoms with Gasteiger partial charge in [0.1, 0.15) is 11.5 Å². The molecule has 0 aliphatic heterocycles. The van der Waals surface area contributed by atoms with E-state index in [1.54, 1.807) is 6.07 Å². The number of allylic oxidation sites excluding steroid dienone is 2. The minimum atomic E-state index is -1.77. The van der Waals surface area contributed by atoms with Gasteiger partial charge in [0.2, 0.25) is 0 Å². The van der Waals surface area contributed by atoms with Crippen molar-refractivity contribution in [2.24, 2.45) is 11.3 Å². The molecule has 0 aromatic heterocycles. The Hall–Kier alpha value is -1.57. The van der Waals surface area contributed by atoms with Gasteiger partial charge in [-0.3, -0.25) is 4.79 Å². The molecule has 2 heteroatoms. The number of aromatic hydroxyl groups is 1. The van der Waals surface area contributed by atoms with Gasteiger partial charge in [0.25, 0.3) is 0 Å². The number of Topliss-reactive ketones (excluding diaryl/α,β-unsaturated/α-hetero) is 1. The highest BCUT2D eigenvalue weighted by atomic mass is 16.3. The van der Waals surface area contributed by atoms with Gasteiger partial charge >= 0.3 is 0 Å². The molecule has 3 aliphatic carbocycles. The van der Waals surface area contributed by atoms with Crippen molar-refractivity contribution in [1.82, 2.24) is 0 Å². The van der Waals surface area contributed by atoms with Gasteiger partial charge in [-0.15, -0.1) is 0 Å². The minimum Gasteiger partial charge on any atom is -0.508 e. The maximum atomic E-state index is 12.6. The molecule has 0 heterocycles. The number of phenols is 1. The van der Waals surface area contributed by atoms with Crippen molar-refractivity contribution in [2.45, 2.75) is 44.9 Å². The van der Waals surface area contributed by atoms with E-state index in [9.17, 15) is 9.90 Å². The van der Waals surface area contributed by atoms with Gasteiger partial charge in [-0.05, 0) is 54.8 Å². The molecule has 0 bridgehead atoms. The summed E-state index contributed by atoms with van der Waals surface area (Å²) in [6.45, 7) is 1.89. The van der Waals surface area contributed by atoms with Crippen molar-refractivity contribution in [3.05, 3.63) is 40.9 Å². The third kappa shape index (κ3) is 1.48. The van der Waals surface area contributed by atoms with Crippen LogP contribution in [0.25, 0.3) is 0 Å². The molecular weight excluding hydrogens is 248 g/mol. The smallest absolute Gasteiger partial charge is 0.139 e.